The molecule has 0 radical (unpaired) electrons. The Morgan fingerprint density at radius 1 is 1.56 bits per heavy atom. The molecule has 0 aliphatic carbocycles. The fraction of sp³-hybridized carbons (Fsp3) is 0.917. The Hall–Kier alpha value is -0.610. The Balaban J connectivity index is 2.19. The van der Waals surface area contributed by atoms with Gasteiger partial charge in [-0.25, -0.2) is 0 Å². The number of nitrogens with one attached hydrogen (secondary N) is 1. The molecule has 4 heteroatoms. The summed E-state index contributed by atoms with van der Waals surface area (Å²) in [6.07, 6.45) is 1.94. The minimum Gasteiger partial charge on any atom is -0.354 e. The summed E-state index contributed by atoms with van der Waals surface area (Å²) in [6, 6.07) is -0.348. The molecule has 1 aliphatic rings. The monoisotopic (exact) mass is 227 g/mol. The van der Waals surface area contributed by atoms with E-state index in [1.165, 1.54) is 6.42 Å². The van der Waals surface area contributed by atoms with Crippen LogP contribution in [-0.2, 0) is 4.79 Å². The summed E-state index contributed by atoms with van der Waals surface area (Å²) < 4.78 is 0. The Morgan fingerprint density at radius 3 is 2.75 bits per heavy atom. The lowest BCUT2D eigenvalue weighted by atomic mass is 10.0. The molecule has 1 rings (SSSR count). The van der Waals surface area contributed by atoms with Crippen LogP contribution >= 0.6 is 0 Å². The van der Waals surface area contributed by atoms with Gasteiger partial charge in [-0.05, 0) is 38.3 Å². The molecule has 1 saturated heterocycles. The van der Waals surface area contributed by atoms with Crippen LogP contribution in [0.3, 0.4) is 0 Å². The number of hydrogen-bond acceptors (Lipinski definition) is 3. The van der Waals surface area contributed by atoms with Gasteiger partial charge in [0.05, 0.1) is 6.04 Å². The molecule has 1 fully saturated rings. The van der Waals surface area contributed by atoms with Gasteiger partial charge in [-0.15, -0.1) is 0 Å². The third-order valence-corrected chi connectivity index (χ3v) is 3.12. The third-order valence-electron chi connectivity index (χ3n) is 3.12. The summed E-state index contributed by atoms with van der Waals surface area (Å²) in [5.41, 5.74) is 5.81. The van der Waals surface area contributed by atoms with Gasteiger partial charge in [0.2, 0.25) is 5.91 Å². The van der Waals surface area contributed by atoms with Crippen molar-refractivity contribution < 1.29 is 4.79 Å². The maximum Gasteiger partial charge on any atom is 0.236 e. The summed E-state index contributed by atoms with van der Waals surface area (Å²) in [4.78, 5) is 14.0. The van der Waals surface area contributed by atoms with E-state index in [4.69, 9.17) is 5.73 Å². The molecule has 1 unspecified atom stereocenters. The number of likely N-dealkylation sites (tertiary alicyclic amines) is 1. The van der Waals surface area contributed by atoms with Crippen LogP contribution < -0.4 is 11.1 Å². The molecule has 1 amide bonds. The molecule has 1 heterocycles. The quantitative estimate of drug-likeness (QED) is 0.716. The van der Waals surface area contributed by atoms with Crippen LogP contribution in [0.1, 0.15) is 26.7 Å². The molecule has 4 nitrogen and oxygen atoms in total. The first-order chi connectivity index (χ1) is 7.49. The molecule has 0 bridgehead atoms. The van der Waals surface area contributed by atoms with Gasteiger partial charge in [-0.2, -0.15) is 0 Å². The van der Waals surface area contributed by atoms with Crippen LogP contribution in [-0.4, -0.2) is 43.5 Å². The molecule has 2 atom stereocenters. The van der Waals surface area contributed by atoms with Crippen molar-refractivity contribution in [3.8, 4) is 0 Å². The van der Waals surface area contributed by atoms with Gasteiger partial charge in [-0.3, -0.25) is 4.79 Å². The normalized spacial score (nSPS) is 23.7. The second kappa shape index (κ2) is 6.21. The molecule has 1 aliphatic heterocycles. The molecule has 0 aromatic rings. The first kappa shape index (κ1) is 13.5. The minimum atomic E-state index is -0.348. The zero-order chi connectivity index (χ0) is 12.1. The van der Waals surface area contributed by atoms with Crippen molar-refractivity contribution in [2.45, 2.75) is 32.7 Å². The largest absolute Gasteiger partial charge is 0.354 e. The van der Waals surface area contributed by atoms with E-state index < -0.39 is 0 Å². The van der Waals surface area contributed by atoms with E-state index in [1.54, 1.807) is 0 Å². The second-order valence-electron chi connectivity index (χ2n) is 5.40. The van der Waals surface area contributed by atoms with Crippen molar-refractivity contribution in [2.75, 3.05) is 26.7 Å². The maximum absolute atomic E-state index is 11.7. The maximum atomic E-state index is 11.7. The molecule has 94 valence electrons. The molecular weight excluding hydrogens is 202 g/mol. The first-order valence-corrected chi connectivity index (χ1v) is 6.21. The molecule has 0 aromatic carbocycles. The van der Waals surface area contributed by atoms with Crippen LogP contribution in [0.2, 0.25) is 0 Å². The summed E-state index contributed by atoms with van der Waals surface area (Å²) in [7, 11) is 2.12. The lowest BCUT2D eigenvalue weighted by Gasteiger charge is -2.16. The smallest absolute Gasteiger partial charge is 0.236 e. The number of hydrogen-bond donors (Lipinski definition) is 2. The van der Waals surface area contributed by atoms with Gasteiger partial charge >= 0.3 is 0 Å². The summed E-state index contributed by atoms with van der Waals surface area (Å²) in [6.45, 7) is 7.16. The van der Waals surface area contributed by atoms with Crippen molar-refractivity contribution in [2.24, 2.45) is 17.6 Å². The lowest BCUT2D eigenvalue weighted by molar-refractivity contribution is -0.122. The van der Waals surface area contributed by atoms with Crippen molar-refractivity contribution in [1.82, 2.24) is 10.2 Å². The van der Waals surface area contributed by atoms with Crippen LogP contribution in [0.4, 0.5) is 0 Å². The topological polar surface area (TPSA) is 58.4 Å². The van der Waals surface area contributed by atoms with Crippen molar-refractivity contribution >= 4 is 5.91 Å². The van der Waals surface area contributed by atoms with E-state index >= 15 is 0 Å². The average molecular weight is 227 g/mol. The Bertz CT molecular complexity index is 230. The van der Waals surface area contributed by atoms with E-state index in [1.807, 2.05) is 0 Å². The predicted octanol–water partition coefficient (Wildman–Crippen LogP) is 0.428. The molecule has 3 N–H and O–H groups in total. The van der Waals surface area contributed by atoms with Gasteiger partial charge in [-0.1, -0.05) is 13.8 Å². The van der Waals surface area contributed by atoms with Gasteiger partial charge in [0.1, 0.15) is 0 Å². The highest BCUT2D eigenvalue weighted by atomic mass is 16.2. The minimum absolute atomic E-state index is 0.00301. The van der Waals surface area contributed by atoms with Crippen molar-refractivity contribution in [1.29, 1.82) is 0 Å². The van der Waals surface area contributed by atoms with E-state index in [9.17, 15) is 4.79 Å². The Kier molecular flexibility index (Phi) is 5.22. The summed E-state index contributed by atoms with van der Waals surface area (Å²) in [5.74, 6) is 1.07. The zero-order valence-electron chi connectivity index (χ0n) is 10.7. The zero-order valence-corrected chi connectivity index (χ0v) is 10.7. The van der Waals surface area contributed by atoms with Crippen LogP contribution in [0.15, 0.2) is 0 Å². The standard InChI is InChI=1S/C12H25N3O/c1-9(2)6-11(13)12(16)14-7-10-4-5-15(3)8-10/h9-11H,4-8,13H2,1-3H3,(H,14,16)/t10?,11-/m0/s1. The van der Waals surface area contributed by atoms with Crippen LogP contribution in [0, 0.1) is 11.8 Å². The van der Waals surface area contributed by atoms with Crippen LogP contribution in [0.5, 0.6) is 0 Å². The molecule has 0 spiro atoms. The summed E-state index contributed by atoms with van der Waals surface area (Å²) in [5, 5.41) is 2.96. The Morgan fingerprint density at radius 2 is 2.25 bits per heavy atom. The second-order valence-corrected chi connectivity index (χ2v) is 5.40. The molecule has 0 saturated carbocycles. The molecule has 0 aromatic heterocycles. The number of amides is 1. The van der Waals surface area contributed by atoms with E-state index in [-0.39, 0.29) is 11.9 Å². The fourth-order valence-corrected chi connectivity index (χ4v) is 2.18. The third kappa shape index (κ3) is 4.49. The lowest BCUT2D eigenvalue weighted by Crippen LogP contribution is -2.43. The number of nitrogens with two attached hydrogens (primary N) is 1. The van der Waals surface area contributed by atoms with Crippen LogP contribution in [0.25, 0.3) is 0 Å². The van der Waals surface area contributed by atoms with E-state index in [0.717, 1.165) is 26.1 Å². The van der Waals surface area contributed by atoms with Gasteiger partial charge in [0.25, 0.3) is 0 Å². The first-order valence-electron chi connectivity index (χ1n) is 6.21. The number of rotatable bonds is 5. The Labute approximate surface area is 98.6 Å². The highest BCUT2D eigenvalue weighted by molar-refractivity contribution is 5.81. The average Bonchev–Trinajstić information content (AvgIpc) is 2.59. The highest BCUT2D eigenvalue weighted by Crippen LogP contribution is 2.13. The summed E-state index contributed by atoms with van der Waals surface area (Å²) >= 11 is 0. The molecule has 16 heavy (non-hydrogen) atoms. The van der Waals surface area contributed by atoms with Gasteiger partial charge in [0.15, 0.2) is 0 Å². The highest BCUT2D eigenvalue weighted by Gasteiger charge is 2.21. The van der Waals surface area contributed by atoms with Gasteiger partial charge < -0.3 is 16.0 Å². The predicted molar refractivity (Wildman–Crippen MR) is 66.0 cm³/mol. The number of nitrogens with zero attached hydrogens (tertiary/aromatic N) is 1. The van der Waals surface area contributed by atoms with E-state index in [2.05, 4.69) is 31.1 Å². The number of carbonyl (C=O) groups excluding carboxylic acids is 1. The SMILES string of the molecule is CC(C)C[C@H](N)C(=O)NCC1CCN(C)C1. The van der Waals surface area contributed by atoms with Crippen molar-refractivity contribution in [3.63, 3.8) is 0 Å². The fourth-order valence-electron chi connectivity index (χ4n) is 2.18. The van der Waals surface area contributed by atoms with Crippen molar-refractivity contribution in [3.05, 3.63) is 0 Å². The van der Waals surface area contributed by atoms with E-state index in [0.29, 0.717) is 11.8 Å². The van der Waals surface area contributed by atoms with Gasteiger partial charge in [0, 0.05) is 13.1 Å². The molecular formula is C12H25N3O. The number of carbonyl (C=O) groups is 1.